The molecule has 0 spiro atoms. The molecule has 1 aromatic carbocycles. The van der Waals surface area contributed by atoms with E-state index >= 15 is 0 Å². The molecule has 2 aromatic rings. The van der Waals surface area contributed by atoms with Gasteiger partial charge in [-0.05, 0) is 31.7 Å². The van der Waals surface area contributed by atoms with Gasteiger partial charge in [-0.25, -0.2) is 4.98 Å². The largest absolute Gasteiger partial charge is 0.373 e. The molecule has 0 aliphatic rings. The van der Waals surface area contributed by atoms with Gasteiger partial charge in [-0.15, -0.1) is 0 Å². The summed E-state index contributed by atoms with van der Waals surface area (Å²) in [6, 6.07) is 9.80. The number of carbonyl (C=O) groups is 1. The molecule has 0 saturated heterocycles. The van der Waals surface area contributed by atoms with Crippen molar-refractivity contribution in [1.82, 2.24) is 9.88 Å². The number of rotatable bonds is 4. The molecule has 1 amide bonds. The smallest absolute Gasteiger partial charge is 0.272 e. The first-order valence-electron chi connectivity index (χ1n) is 7.26. The molecule has 2 rings (SSSR count). The minimum Gasteiger partial charge on any atom is -0.373 e. The van der Waals surface area contributed by atoms with Crippen molar-refractivity contribution >= 4 is 22.5 Å². The van der Waals surface area contributed by atoms with E-state index in [9.17, 15) is 4.79 Å². The molecule has 1 heterocycles. The van der Waals surface area contributed by atoms with Crippen LogP contribution in [0, 0.1) is 0 Å². The maximum atomic E-state index is 12.7. The highest BCUT2D eigenvalue weighted by molar-refractivity contribution is 6.00. The van der Waals surface area contributed by atoms with Crippen molar-refractivity contribution in [3.05, 3.63) is 36.0 Å². The average molecular weight is 285 g/mol. The van der Waals surface area contributed by atoms with Crippen LogP contribution in [0.1, 0.15) is 37.7 Å². The molecule has 0 atom stereocenters. The molecular formula is C17H23N3O. The SMILES string of the molecule is CCC(C)(C)N(C)C(=O)c1cc2ccccc2c(NC)n1. The van der Waals surface area contributed by atoms with Crippen molar-refractivity contribution in [1.29, 1.82) is 0 Å². The van der Waals surface area contributed by atoms with Gasteiger partial charge >= 0.3 is 0 Å². The number of hydrogen-bond donors (Lipinski definition) is 1. The minimum atomic E-state index is -0.190. The molecule has 0 unspecified atom stereocenters. The van der Waals surface area contributed by atoms with E-state index in [0.29, 0.717) is 5.69 Å². The highest BCUT2D eigenvalue weighted by Gasteiger charge is 2.27. The number of hydrogen-bond acceptors (Lipinski definition) is 3. The van der Waals surface area contributed by atoms with Crippen LogP contribution < -0.4 is 5.32 Å². The molecule has 1 aromatic heterocycles. The van der Waals surface area contributed by atoms with Gasteiger partial charge in [0.2, 0.25) is 0 Å². The number of nitrogens with one attached hydrogen (secondary N) is 1. The van der Waals surface area contributed by atoms with E-state index in [1.807, 2.05) is 44.4 Å². The van der Waals surface area contributed by atoms with Gasteiger partial charge < -0.3 is 10.2 Å². The fourth-order valence-electron chi connectivity index (χ4n) is 2.18. The zero-order valence-corrected chi connectivity index (χ0v) is 13.4. The fourth-order valence-corrected chi connectivity index (χ4v) is 2.18. The van der Waals surface area contributed by atoms with Gasteiger partial charge in [0.25, 0.3) is 5.91 Å². The molecule has 0 aliphatic heterocycles. The summed E-state index contributed by atoms with van der Waals surface area (Å²) in [6.07, 6.45) is 0.891. The summed E-state index contributed by atoms with van der Waals surface area (Å²) in [4.78, 5) is 19.0. The Morgan fingerprint density at radius 3 is 2.62 bits per heavy atom. The van der Waals surface area contributed by atoms with Crippen molar-refractivity contribution in [2.24, 2.45) is 0 Å². The maximum Gasteiger partial charge on any atom is 0.272 e. The zero-order chi connectivity index (χ0) is 15.6. The minimum absolute atomic E-state index is 0.0518. The van der Waals surface area contributed by atoms with Crippen LogP contribution in [0.2, 0.25) is 0 Å². The highest BCUT2D eigenvalue weighted by Crippen LogP contribution is 2.24. The van der Waals surface area contributed by atoms with Crippen molar-refractivity contribution < 1.29 is 4.79 Å². The first-order chi connectivity index (χ1) is 9.90. The monoisotopic (exact) mass is 285 g/mol. The summed E-state index contributed by atoms with van der Waals surface area (Å²) >= 11 is 0. The molecule has 4 heteroatoms. The van der Waals surface area contributed by atoms with Crippen LogP contribution in [0.25, 0.3) is 10.8 Å². The van der Waals surface area contributed by atoms with Gasteiger partial charge in [-0.2, -0.15) is 0 Å². The first kappa shape index (κ1) is 15.3. The van der Waals surface area contributed by atoms with Crippen molar-refractivity contribution in [3.8, 4) is 0 Å². The van der Waals surface area contributed by atoms with Crippen LogP contribution in [0.15, 0.2) is 30.3 Å². The lowest BCUT2D eigenvalue weighted by atomic mass is 9.99. The lowest BCUT2D eigenvalue weighted by Gasteiger charge is -2.34. The second-order valence-corrected chi connectivity index (χ2v) is 5.86. The number of fused-ring (bicyclic) bond motifs is 1. The number of benzene rings is 1. The van der Waals surface area contributed by atoms with Gasteiger partial charge in [-0.3, -0.25) is 4.79 Å². The van der Waals surface area contributed by atoms with Crippen molar-refractivity contribution in [3.63, 3.8) is 0 Å². The van der Waals surface area contributed by atoms with Gasteiger partial charge in [0.1, 0.15) is 11.5 Å². The van der Waals surface area contributed by atoms with Gasteiger partial charge in [0.15, 0.2) is 0 Å². The molecule has 0 saturated carbocycles. The number of pyridine rings is 1. The summed E-state index contributed by atoms with van der Waals surface area (Å²) in [5.74, 6) is 0.684. The normalized spacial score (nSPS) is 11.5. The second kappa shape index (κ2) is 5.72. The number of anilines is 1. The van der Waals surface area contributed by atoms with Gasteiger partial charge in [0, 0.05) is 25.0 Å². The molecule has 21 heavy (non-hydrogen) atoms. The Hall–Kier alpha value is -2.10. The molecule has 1 N–H and O–H groups in total. The number of carbonyl (C=O) groups excluding carboxylic acids is 1. The fraction of sp³-hybridized carbons (Fsp3) is 0.412. The Balaban J connectivity index is 2.49. The van der Waals surface area contributed by atoms with Crippen LogP contribution in [0.5, 0.6) is 0 Å². The maximum absolute atomic E-state index is 12.7. The standard InChI is InChI=1S/C17H23N3O/c1-6-17(2,3)20(5)16(21)14-11-12-9-7-8-10-13(12)15(18-4)19-14/h7-11H,6H2,1-5H3,(H,18,19). The topological polar surface area (TPSA) is 45.2 Å². The third kappa shape index (κ3) is 2.84. The summed E-state index contributed by atoms with van der Waals surface area (Å²) in [5.41, 5.74) is 0.284. The van der Waals surface area contributed by atoms with Crippen molar-refractivity contribution in [2.75, 3.05) is 19.4 Å². The Morgan fingerprint density at radius 2 is 2.00 bits per heavy atom. The average Bonchev–Trinajstić information content (AvgIpc) is 2.52. The van der Waals surface area contributed by atoms with Crippen LogP contribution in [-0.2, 0) is 0 Å². The molecule has 112 valence electrons. The predicted molar refractivity (Wildman–Crippen MR) is 87.8 cm³/mol. The quantitative estimate of drug-likeness (QED) is 0.934. The van der Waals surface area contributed by atoms with E-state index in [0.717, 1.165) is 23.0 Å². The van der Waals surface area contributed by atoms with E-state index in [2.05, 4.69) is 31.1 Å². The highest BCUT2D eigenvalue weighted by atomic mass is 16.2. The van der Waals surface area contributed by atoms with E-state index < -0.39 is 0 Å². The number of nitrogens with zero attached hydrogens (tertiary/aromatic N) is 2. The van der Waals surface area contributed by atoms with Gasteiger partial charge in [0.05, 0.1) is 0 Å². The second-order valence-electron chi connectivity index (χ2n) is 5.86. The summed E-state index contributed by atoms with van der Waals surface area (Å²) in [5, 5.41) is 5.11. The molecule has 0 radical (unpaired) electrons. The molecule has 0 aliphatic carbocycles. The lowest BCUT2D eigenvalue weighted by Crippen LogP contribution is -2.44. The van der Waals surface area contributed by atoms with Crippen LogP contribution in [0.4, 0.5) is 5.82 Å². The number of amides is 1. The Kier molecular flexibility index (Phi) is 4.16. The zero-order valence-electron chi connectivity index (χ0n) is 13.4. The summed E-state index contributed by atoms with van der Waals surface area (Å²) < 4.78 is 0. The number of aromatic nitrogens is 1. The summed E-state index contributed by atoms with van der Waals surface area (Å²) in [7, 11) is 3.66. The van der Waals surface area contributed by atoms with Gasteiger partial charge in [-0.1, -0.05) is 31.2 Å². The first-order valence-corrected chi connectivity index (χ1v) is 7.26. The Morgan fingerprint density at radius 1 is 1.33 bits per heavy atom. The van der Waals surface area contributed by atoms with E-state index in [-0.39, 0.29) is 11.4 Å². The van der Waals surface area contributed by atoms with Crippen LogP contribution >= 0.6 is 0 Å². The predicted octanol–water partition coefficient (Wildman–Crippen LogP) is 3.54. The van der Waals surface area contributed by atoms with E-state index in [4.69, 9.17) is 0 Å². The lowest BCUT2D eigenvalue weighted by molar-refractivity contribution is 0.0614. The van der Waals surface area contributed by atoms with E-state index in [1.54, 1.807) is 4.90 Å². The third-order valence-corrected chi connectivity index (χ3v) is 4.27. The molecule has 0 fully saturated rings. The Bertz CT molecular complexity index is 664. The molecule has 0 bridgehead atoms. The van der Waals surface area contributed by atoms with Crippen molar-refractivity contribution in [2.45, 2.75) is 32.7 Å². The van der Waals surface area contributed by atoms with Crippen LogP contribution in [0.3, 0.4) is 0 Å². The van der Waals surface area contributed by atoms with Crippen LogP contribution in [-0.4, -0.2) is 35.4 Å². The third-order valence-electron chi connectivity index (χ3n) is 4.27. The Labute approximate surface area is 126 Å². The molecule has 4 nitrogen and oxygen atoms in total. The molecular weight excluding hydrogens is 262 g/mol. The van der Waals surface area contributed by atoms with E-state index in [1.165, 1.54) is 0 Å². The summed E-state index contributed by atoms with van der Waals surface area (Å²) in [6.45, 7) is 6.20.